The highest BCUT2D eigenvalue weighted by Gasteiger charge is 2.37. The van der Waals surface area contributed by atoms with E-state index >= 15 is 0 Å². The van der Waals surface area contributed by atoms with Crippen LogP contribution in [0.5, 0.6) is 0 Å². The van der Waals surface area contributed by atoms with E-state index in [0.717, 1.165) is 64.8 Å². The van der Waals surface area contributed by atoms with E-state index < -0.39 is 11.5 Å². The molecule has 1 aliphatic carbocycles. The highest BCUT2D eigenvalue weighted by molar-refractivity contribution is 5.73. The monoisotopic (exact) mass is 495 g/mol. The summed E-state index contributed by atoms with van der Waals surface area (Å²) in [7, 11) is 0. The number of hydrogen-bond donors (Lipinski definition) is 1. The number of hydrogen-bond acceptors (Lipinski definition) is 6. The summed E-state index contributed by atoms with van der Waals surface area (Å²) in [5.74, 6) is 1.73. The summed E-state index contributed by atoms with van der Waals surface area (Å²) in [5.41, 5.74) is -0.825. The minimum atomic E-state index is -3.44. The zero-order valence-corrected chi connectivity index (χ0v) is 22.1. The smallest absolute Gasteiger partial charge is 0.355 e. The van der Waals surface area contributed by atoms with Crippen LogP contribution in [0.1, 0.15) is 84.7 Å². The topological polar surface area (TPSA) is 70.6 Å². The van der Waals surface area contributed by atoms with Gasteiger partial charge in [0.05, 0.1) is 6.61 Å². The molecule has 0 spiro atoms. The van der Waals surface area contributed by atoms with Gasteiger partial charge in [-0.05, 0) is 64.5 Å². The summed E-state index contributed by atoms with van der Waals surface area (Å²) in [6.45, 7) is 13.3. The molecule has 0 radical (unpaired) electrons. The van der Waals surface area contributed by atoms with Gasteiger partial charge in [0.15, 0.2) is 0 Å². The third-order valence-corrected chi connectivity index (χ3v) is 7.03. The Bertz CT molecular complexity index is 838. The number of aromatic nitrogens is 2. The first-order valence-corrected chi connectivity index (χ1v) is 13.1. The molecule has 1 aromatic rings. The molecule has 1 N–H and O–H groups in total. The van der Waals surface area contributed by atoms with E-state index in [9.17, 15) is 13.6 Å². The van der Waals surface area contributed by atoms with Crippen molar-refractivity contribution in [2.75, 3.05) is 44.2 Å². The second-order valence-electron chi connectivity index (χ2n) is 11.0. The molecule has 2 aliphatic rings. The highest BCUT2D eigenvalue weighted by atomic mass is 19.3. The van der Waals surface area contributed by atoms with E-state index in [2.05, 4.69) is 20.1 Å². The Morgan fingerprint density at radius 2 is 1.83 bits per heavy atom. The molecule has 1 aliphatic heterocycles. The SMILES string of the molecule is CCOC(F)(F)c1cc(N2CCCN(CCC3CCC(NC(C)=O)CC3)CC2)nc(C(C)(C)C)n1. The molecule has 0 aromatic carbocycles. The maximum atomic E-state index is 14.6. The van der Waals surface area contributed by atoms with Gasteiger partial charge in [0.25, 0.3) is 0 Å². The second kappa shape index (κ2) is 11.9. The summed E-state index contributed by atoms with van der Waals surface area (Å²) in [6, 6.07) is 1.73. The van der Waals surface area contributed by atoms with Crippen molar-refractivity contribution in [2.45, 2.75) is 90.7 Å². The number of nitrogens with one attached hydrogen (secondary N) is 1. The van der Waals surface area contributed by atoms with Gasteiger partial charge in [-0.3, -0.25) is 4.79 Å². The van der Waals surface area contributed by atoms with Crippen molar-refractivity contribution in [1.29, 1.82) is 0 Å². The number of carbonyl (C=O) groups is 1. The standard InChI is InChI=1S/C26H43F2N5O2/c1-6-35-26(27,28)22-18-23(31-24(30-22)25(3,4)5)33-14-7-13-32(16-17-33)15-12-20-8-10-21(11-9-20)29-19(2)34/h18,20-21H,6-17H2,1-5H3,(H,29,34). The lowest BCUT2D eigenvalue weighted by Gasteiger charge is -2.30. The van der Waals surface area contributed by atoms with E-state index in [0.29, 0.717) is 23.6 Å². The molecule has 0 unspecified atom stereocenters. The summed E-state index contributed by atoms with van der Waals surface area (Å²) in [6.07, 6.45) is 3.15. The summed E-state index contributed by atoms with van der Waals surface area (Å²) in [4.78, 5) is 24.8. The molecule has 1 aromatic heterocycles. The first kappa shape index (κ1) is 27.7. The van der Waals surface area contributed by atoms with Crippen LogP contribution in [-0.2, 0) is 21.1 Å². The Hall–Kier alpha value is -1.87. The fourth-order valence-corrected chi connectivity index (χ4v) is 5.01. The molecule has 7 nitrogen and oxygen atoms in total. The van der Waals surface area contributed by atoms with Crippen LogP contribution in [0.4, 0.5) is 14.6 Å². The first-order valence-electron chi connectivity index (χ1n) is 13.1. The normalized spacial score (nSPS) is 22.7. The molecule has 198 valence electrons. The predicted molar refractivity (Wildman–Crippen MR) is 134 cm³/mol. The van der Waals surface area contributed by atoms with Crippen LogP contribution in [0.25, 0.3) is 0 Å². The Morgan fingerprint density at radius 3 is 2.46 bits per heavy atom. The van der Waals surface area contributed by atoms with Crippen molar-refractivity contribution in [3.8, 4) is 0 Å². The molecule has 0 bridgehead atoms. The number of anilines is 1. The maximum absolute atomic E-state index is 14.6. The summed E-state index contributed by atoms with van der Waals surface area (Å²) in [5, 5.41) is 3.05. The Balaban J connectivity index is 1.60. The van der Waals surface area contributed by atoms with Gasteiger partial charge in [-0.1, -0.05) is 20.8 Å². The number of halogens is 2. The van der Waals surface area contributed by atoms with Crippen molar-refractivity contribution in [3.05, 3.63) is 17.6 Å². The van der Waals surface area contributed by atoms with Crippen LogP contribution in [0, 0.1) is 5.92 Å². The van der Waals surface area contributed by atoms with Crippen molar-refractivity contribution in [1.82, 2.24) is 20.2 Å². The molecule has 3 rings (SSSR count). The van der Waals surface area contributed by atoms with Crippen molar-refractivity contribution >= 4 is 11.7 Å². The van der Waals surface area contributed by atoms with Crippen molar-refractivity contribution in [3.63, 3.8) is 0 Å². The lowest BCUT2D eigenvalue weighted by atomic mass is 9.84. The highest BCUT2D eigenvalue weighted by Crippen LogP contribution is 2.32. The first-order chi connectivity index (χ1) is 16.5. The lowest BCUT2D eigenvalue weighted by Crippen LogP contribution is -2.37. The number of carbonyl (C=O) groups excluding carboxylic acids is 1. The number of rotatable bonds is 8. The van der Waals surface area contributed by atoms with Crippen LogP contribution < -0.4 is 10.2 Å². The van der Waals surface area contributed by atoms with Gasteiger partial charge in [-0.25, -0.2) is 9.97 Å². The molecule has 1 amide bonds. The number of amides is 1. The zero-order valence-electron chi connectivity index (χ0n) is 22.1. The molecule has 2 heterocycles. The van der Waals surface area contributed by atoms with E-state index in [4.69, 9.17) is 9.72 Å². The van der Waals surface area contributed by atoms with Crippen LogP contribution in [0.15, 0.2) is 6.07 Å². The number of alkyl halides is 2. The molecule has 1 saturated heterocycles. The van der Waals surface area contributed by atoms with Gasteiger partial charge in [-0.2, -0.15) is 8.78 Å². The average molecular weight is 496 g/mol. The Morgan fingerprint density at radius 1 is 1.11 bits per heavy atom. The predicted octanol–water partition coefficient (Wildman–Crippen LogP) is 4.46. The van der Waals surface area contributed by atoms with Crippen LogP contribution >= 0.6 is 0 Å². The molecule has 0 atom stereocenters. The molecular formula is C26H43F2N5O2. The van der Waals surface area contributed by atoms with Gasteiger partial charge in [0.2, 0.25) is 5.91 Å². The van der Waals surface area contributed by atoms with E-state index in [-0.39, 0.29) is 18.2 Å². The van der Waals surface area contributed by atoms with Crippen molar-refractivity contribution < 1.29 is 18.3 Å². The van der Waals surface area contributed by atoms with Crippen molar-refractivity contribution in [2.24, 2.45) is 5.92 Å². The number of nitrogens with zero attached hydrogens (tertiary/aromatic N) is 4. The molecule has 9 heteroatoms. The summed E-state index contributed by atoms with van der Waals surface area (Å²) < 4.78 is 33.9. The van der Waals surface area contributed by atoms with E-state index in [1.54, 1.807) is 13.8 Å². The van der Waals surface area contributed by atoms with Crippen LogP contribution in [0.2, 0.25) is 0 Å². The minimum absolute atomic E-state index is 0.0645. The molecule has 35 heavy (non-hydrogen) atoms. The second-order valence-corrected chi connectivity index (χ2v) is 11.0. The Labute approximate surface area is 209 Å². The van der Waals surface area contributed by atoms with Gasteiger partial charge >= 0.3 is 6.11 Å². The van der Waals surface area contributed by atoms with Gasteiger partial charge in [0, 0.05) is 44.1 Å². The molecule has 2 fully saturated rings. The third kappa shape index (κ3) is 8.07. The van der Waals surface area contributed by atoms with E-state index in [1.807, 2.05) is 20.8 Å². The quantitative estimate of drug-likeness (QED) is 0.574. The Kier molecular flexibility index (Phi) is 9.43. The van der Waals surface area contributed by atoms with Gasteiger partial charge in [0.1, 0.15) is 17.3 Å². The number of ether oxygens (including phenoxy) is 1. The van der Waals surface area contributed by atoms with Crippen LogP contribution in [0.3, 0.4) is 0 Å². The fraction of sp³-hybridized carbons (Fsp3) is 0.808. The van der Waals surface area contributed by atoms with Gasteiger partial charge < -0.3 is 19.9 Å². The largest absolute Gasteiger partial charge is 0.400 e. The van der Waals surface area contributed by atoms with Gasteiger partial charge in [-0.15, -0.1) is 0 Å². The zero-order chi connectivity index (χ0) is 25.6. The van der Waals surface area contributed by atoms with E-state index in [1.165, 1.54) is 12.5 Å². The lowest BCUT2D eigenvalue weighted by molar-refractivity contribution is -0.248. The minimum Gasteiger partial charge on any atom is -0.355 e. The fourth-order valence-electron chi connectivity index (χ4n) is 5.01. The maximum Gasteiger partial charge on any atom is 0.400 e. The van der Waals surface area contributed by atoms with Crippen LogP contribution in [-0.4, -0.2) is 66.1 Å². The summed E-state index contributed by atoms with van der Waals surface area (Å²) >= 11 is 0. The third-order valence-electron chi connectivity index (χ3n) is 7.03. The molecule has 1 saturated carbocycles. The average Bonchev–Trinajstić information content (AvgIpc) is 3.03. The molecular weight excluding hydrogens is 452 g/mol.